The molecule has 4 nitrogen and oxygen atoms in total. The van der Waals surface area contributed by atoms with Crippen molar-refractivity contribution >= 4 is 43.0 Å². The largest absolute Gasteiger partial charge is 0.398 e. The second kappa shape index (κ2) is 5.58. The molecule has 19 heavy (non-hydrogen) atoms. The number of sulfonamides is 1. The molecule has 0 saturated carbocycles. The van der Waals surface area contributed by atoms with Crippen molar-refractivity contribution in [1.29, 1.82) is 0 Å². The van der Waals surface area contributed by atoms with E-state index < -0.39 is 15.8 Å². The van der Waals surface area contributed by atoms with Crippen LogP contribution in [0.2, 0.25) is 0 Å². The lowest BCUT2D eigenvalue weighted by molar-refractivity contribution is 0.581. The quantitative estimate of drug-likeness (QED) is 0.819. The number of nitrogens with one attached hydrogen (secondary N) is 1. The molecule has 0 aliphatic heterocycles. The molecule has 2 rings (SSSR count). The second-order valence-corrected chi connectivity index (χ2v) is 7.38. The minimum absolute atomic E-state index is 0.111. The standard InChI is InChI=1S/C11H10BrFN2O2S2/c12-7-3-9(18-6-7)5-15-19(16,17)11-2-1-8(13)4-10(11)14/h1-4,6,15H,5,14H2. The van der Waals surface area contributed by atoms with Crippen molar-refractivity contribution in [3.63, 3.8) is 0 Å². The predicted molar refractivity (Wildman–Crippen MR) is 76.9 cm³/mol. The Labute approximate surface area is 122 Å². The van der Waals surface area contributed by atoms with Crippen LogP contribution in [0.25, 0.3) is 0 Å². The van der Waals surface area contributed by atoms with Gasteiger partial charge in [-0.2, -0.15) is 0 Å². The van der Waals surface area contributed by atoms with Gasteiger partial charge in [0.15, 0.2) is 0 Å². The number of halogens is 2. The first-order valence-electron chi connectivity index (χ1n) is 5.16. The monoisotopic (exact) mass is 364 g/mol. The molecule has 1 aromatic heterocycles. The van der Waals surface area contributed by atoms with Gasteiger partial charge in [0.2, 0.25) is 10.0 Å². The van der Waals surface area contributed by atoms with Crippen molar-refractivity contribution in [2.45, 2.75) is 11.4 Å². The van der Waals surface area contributed by atoms with Gasteiger partial charge < -0.3 is 5.73 Å². The third-order valence-corrected chi connectivity index (χ3v) is 5.49. The predicted octanol–water partition coefficient (Wildman–Crippen LogP) is 2.71. The van der Waals surface area contributed by atoms with Gasteiger partial charge in [0.25, 0.3) is 0 Å². The summed E-state index contributed by atoms with van der Waals surface area (Å²) in [6.07, 6.45) is 0. The third kappa shape index (κ3) is 3.53. The zero-order chi connectivity index (χ0) is 14.0. The highest BCUT2D eigenvalue weighted by Crippen LogP contribution is 2.22. The van der Waals surface area contributed by atoms with Gasteiger partial charge in [-0.25, -0.2) is 17.5 Å². The SMILES string of the molecule is Nc1cc(F)ccc1S(=O)(=O)NCc1cc(Br)cs1. The smallest absolute Gasteiger partial charge is 0.242 e. The molecule has 0 atom stereocenters. The van der Waals surface area contributed by atoms with E-state index in [-0.39, 0.29) is 17.1 Å². The van der Waals surface area contributed by atoms with Crippen LogP contribution in [-0.4, -0.2) is 8.42 Å². The Morgan fingerprint density at radius 3 is 2.68 bits per heavy atom. The fourth-order valence-corrected chi connectivity index (χ4v) is 4.05. The summed E-state index contributed by atoms with van der Waals surface area (Å²) in [4.78, 5) is 0.737. The van der Waals surface area contributed by atoms with Gasteiger partial charge in [-0.3, -0.25) is 0 Å². The molecular formula is C11H10BrFN2O2S2. The van der Waals surface area contributed by atoms with Crippen LogP contribution in [0.1, 0.15) is 4.88 Å². The van der Waals surface area contributed by atoms with Crippen LogP contribution in [0, 0.1) is 5.82 Å². The molecular weight excluding hydrogens is 355 g/mol. The van der Waals surface area contributed by atoms with E-state index in [1.165, 1.54) is 11.3 Å². The van der Waals surface area contributed by atoms with Crippen LogP contribution < -0.4 is 10.5 Å². The van der Waals surface area contributed by atoms with Crippen LogP contribution >= 0.6 is 27.3 Å². The molecule has 0 spiro atoms. The molecule has 0 fully saturated rings. The first-order valence-corrected chi connectivity index (χ1v) is 8.32. The summed E-state index contributed by atoms with van der Waals surface area (Å²) >= 11 is 4.72. The molecule has 0 radical (unpaired) electrons. The maximum absolute atomic E-state index is 12.9. The highest BCUT2D eigenvalue weighted by atomic mass is 79.9. The van der Waals surface area contributed by atoms with Gasteiger partial charge in [0.05, 0.1) is 5.69 Å². The summed E-state index contributed by atoms with van der Waals surface area (Å²) in [6, 6.07) is 5.02. The Kier molecular flexibility index (Phi) is 4.24. The van der Waals surface area contributed by atoms with E-state index in [0.717, 1.165) is 27.5 Å². The lowest BCUT2D eigenvalue weighted by Gasteiger charge is -2.08. The highest BCUT2D eigenvalue weighted by Gasteiger charge is 2.17. The lowest BCUT2D eigenvalue weighted by Crippen LogP contribution is -2.23. The summed E-state index contributed by atoms with van der Waals surface area (Å²) in [6.45, 7) is 0.162. The fourth-order valence-electron chi connectivity index (χ4n) is 1.45. The average Bonchev–Trinajstić information content (AvgIpc) is 2.72. The molecule has 0 aliphatic carbocycles. The van der Waals surface area contributed by atoms with Crippen molar-refractivity contribution < 1.29 is 12.8 Å². The van der Waals surface area contributed by atoms with Crippen molar-refractivity contribution in [3.8, 4) is 0 Å². The normalized spacial score (nSPS) is 11.7. The van der Waals surface area contributed by atoms with Crippen LogP contribution in [0.5, 0.6) is 0 Å². The molecule has 1 aromatic carbocycles. The second-order valence-electron chi connectivity index (χ2n) is 3.74. The number of nitrogens with two attached hydrogens (primary N) is 1. The van der Waals surface area contributed by atoms with E-state index in [1.807, 2.05) is 11.4 Å². The first-order chi connectivity index (χ1) is 8.88. The number of anilines is 1. The van der Waals surface area contributed by atoms with Crippen molar-refractivity contribution in [2.24, 2.45) is 0 Å². The van der Waals surface area contributed by atoms with Crippen molar-refractivity contribution in [3.05, 3.63) is 44.8 Å². The topological polar surface area (TPSA) is 72.2 Å². The number of hydrogen-bond donors (Lipinski definition) is 2. The molecule has 0 amide bonds. The van der Waals surface area contributed by atoms with E-state index in [2.05, 4.69) is 20.7 Å². The summed E-state index contributed by atoms with van der Waals surface area (Å²) < 4.78 is 40.3. The molecule has 0 bridgehead atoms. The molecule has 3 N–H and O–H groups in total. The number of nitrogen functional groups attached to an aromatic ring is 1. The van der Waals surface area contributed by atoms with Gasteiger partial charge >= 0.3 is 0 Å². The summed E-state index contributed by atoms with van der Waals surface area (Å²) in [5.74, 6) is -0.571. The Bertz CT molecular complexity index is 700. The maximum atomic E-state index is 12.9. The number of thiophene rings is 1. The van der Waals surface area contributed by atoms with E-state index in [9.17, 15) is 12.8 Å². The van der Waals surface area contributed by atoms with E-state index in [1.54, 1.807) is 0 Å². The van der Waals surface area contributed by atoms with Crippen LogP contribution in [0.3, 0.4) is 0 Å². The van der Waals surface area contributed by atoms with Gasteiger partial charge in [0.1, 0.15) is 10.7 Å². The average molecular weight is 365 g/mol. The van der Waals surface area contributed by atoms with Gasteiger partial charge in [-0.15, -0.1) is 11.3 Å². The molecule has 0 unspecified atom stereocenters. The minimum atomic E-state index is -3.75. The maximum Gasteiger partial charge on any atom is 0.242 e. The Morgan fingerprint density at radius 2 is 2.11 bits per heavy atom. The number of hydrogen-bond acceptors (Lipinski definition) is 4. The zero-order valence-electron chi connectivity index (χ0n) is 9.56. The summed E-state index contributed by atoms with van der Waals surface area (Å²) in [7, 11) is -3.75. The summed E-state index contributed by atoms with van der Waals surface area (Å²) in [5.41, 5.74) is 5.41. The molecule has 2 aromatic rings. The molecule has 8 heteroatoms. The van der Waals surface area contributed by atoms with E-state index in [4.69, 9.17) is 5.73 Å². The molecule has 0 aliphatic rings. The molecule has 1 heterocycles. The molecule has 102 valence electrons. The first kappa shape index (κ1) is 14.4. The zero-order valence-corrected chi connectivity index (χ0v) is 12.8. The van der Waals surface area contributed by atoms with Crippen molar-refractivity contribution in [2.75, 3.05) is 5.73 Å². The lowest BCUT2D eigenvalue weighted by atomic mass is 10.3. The van der Waals surface area contributed by atoms with E-state index in [0.29, 0.717) is 0 Å². The van der Waals surface area contributed by atoms with Crippen LogP contribution in [0.4, 0.5) is 10.1 Å². The minimum Gasteiger partial charge on any atom is -0.398 e. The van der Waals surface area contributed by atoms with Crippen LogP contribution in [-0.2, 0) is 16.6 Å². The fraction of sp³-hybridized carbons (Fsp3) is 0.0909. The Balaban J connectivity index is 2.18. The van der Waals surface area contributed by atoms with Crippen LogP contribution in [0.15, 0.2) is 39.0 Å². The number of benzene rings is 1. The highest BCUT2D eigenvalue weighted by molar-refractivity contribution is 9.10. The van der Waals surface area contributed by atoms with Gasteiger partial charge in [-0.05, 0) is 40.2 Å². The van der Waals surface area contributed by atoms with Crippen molar-refractivity contribution in [1.82, 2.24) is 4.72 Å². The van der Waals surface area contributed by atoms with Gasteiger partial charge in [0, 0.05) is 21.3 Å². The summed E-state index contributed by atoms with van der Waals surface area (Å²) in [5, 5.41) is 1.86. The molecule has 0 saturated heterocycles. The Morgan fingerprint density at radius 1 is 1.37 bits per heavy atom. The van der Waals surface area contributed by atoms with Gasteiger partial charge in [-0.1, -0.05) is 0 Å². The third-order valence-electron chi connectivity index (χ3n) is 2.32. The number of rotatable bonds is 4. The van der Waals surface area contributed by atoms with E-state index >= 15 is 0 Å². The Hall–Kier alpha value is -0.960.